The van der Waals surface area contributed by atoms with E-state index in [4.69, 9.17) is 9.84 Å². The molecule has 0 saturated carbocycles. The summed E-state index contributed by atoms with van der Waals surface area (Å²) >= 11 is 0. The highest BCUT2D eigenvalue weighted by Gasteiger charge is 2.08. The lowest BCUT2D eigenvalue weighted by atomic mass is 10.0. The van der Waals surface area contributed by atoms with Crippen LogP contribution in [0.4, 0.5) is 0 Å². The summed E-state index contributed by atoms with van der Waals surface area (Å²) < 4.78 is 5.87. The number of para-hydroxylation sites is 1. The Hall–Kier alpha value is -2.62. The summed E-state index contributed by atoms with van der Waals surface area (Å²) in [4.78, 5) is 14.6. The van der Waals surface area contributed by atoms with Gasteiger partial charge in [-0.25, -0.2) is 4.79 Å². The molecule has 4 nitrogen and oxygen atoms in total. The molecule has 0 bridgehead atoms. The minimum absolute atomic E-state index is 0.351. The van der Waals surface area contributed by atoms with Crippen LogP contribution in [0.5, 0.6) is 11.5 Å². The maximum absolute atomic E-state index is 10.5. The van der Waals surface area contributed by atoms with Crippen molar-refractivity contribution < 1.29 is 14.6 Å². The average Bonchev–Trinajstić information content (AvgIpc) is 2.46. The molecule has 21 heavy (non-hydrogen) atoms. The monoisotopic (exact) mass is 283 g/mol. The Morgan fingerprint density at radius 1 is 1.29 bits per heavy atom. The number of rotatable bonds is 5. The molecule has 0 spiro atoms. The first-order valence-corrected chi connectivity index (χ1v) is 6.69. The van der Waals surface area contributed by atoms with E-state index in [0.29, 0.717) is 17.2 Å². The Kier molecular flexibility index (Phi) is 4.72. The zero-order valence-electron chi connectivity index (χ0n) is 12.0. The van der Waals surface area contributed by atoms with E-state index in [1.54, 1.807) is 18.5 Å². The van der Waals surface area contributed by atoms with E-state index in [9.17, 15) is 4.79 Å². The van der Waals surface area contributed by atoms with Crippen LogP contribution in [0.3, 0.4) is 0 Å². The fourth-order valence-corrected chi connectivity index (χ4v) is 1.93. The number of benzene rings is 1. The Balaban J connectivity index is 2.24. The summed E-state index contributed by atoms with van der Waals surface area (Å²) in [6.45, 7) is 4.21. The number of nitrogens with zero attached hydrogens (tertiary/aromatic N) is 1. The second-order valence-corrected chi connectivity index (χ2v) is 4.92. The fraction of sp³-hybridized carbons (Fsp3) is 0.176. The molecule has 1 aromatic heterocycles. The third-order valence-electron chi connectivity index (χ3n) is 2.92. The van der Waals surface area contributed by atoms with Gasteiger partial charge in [0.2, 0.25) is 0 Å². The van der Waals surface area contributed by atoms with Gasteiger partial charge in [0, 0.05) is 12.3 Å². The molecule has 0 aliphatic carbocycles. The van der Waals surface area contributed by atoms with Gasteiger partial charge in [-0.2, -0.15) is 0 Å². The highest BCUT2D eigenvalue weighted by molar-refractivity contribution is 5.85. The van der Waals surface area contributed by atoms with Gasteiger partial charge in [-0.15, -0.1) is 0 Å². The third kappa shape index (κ3) is 4.18. The summed E-state index contributed by atoms with van der Waals surface area (Å²) in [6.07, 6.45) is 5.75. The van der Waals surface area contributed by atoms with Crippen molar-refractivity contribution in [2.45, 2.75) is 19.8 Å². The van der Waals surface area contributed by atoms with Crippen LogP contribution in [-0.4, -0.2) is 16.1 Å². The highest BCUT2D eigenvalue weighted by atomic mass is 16.5. The number of carboxylic acid groups (broad SMARTS) is 1. The smallest absolute Gasteiger partial charge is 0.328 e. The van der Waals surface area contributed by atoms with Crippen molar-refractivity contribution >= 4 is 12.0 Å². The Morgan fingerprint density at radius 3 is 2.76 bits per heavy atom. The number of hydrogen-bond donors (Lipinski definition) is 1. The van der Waals surface area contributed by atoms with E-state index < -0.39 is 5.97 Å². The van der Waals surface area contributed by atoms with E-state index in [2.05, 4.69) is 18.8 Å². The van der Waals surface area contributed by atoms with E-state index in [1.807, 2.05) is 24.3 Å². The van der Waals surface area contributed by atoms with Crippen molar-refractivity contribution in [3.63, 3.8) is 0 Å². The number of carbonyl (C=O) groups is 1. The summed E-state index contributed by atoms with van der Waals surface area (Å²) in [7, 11) is 0. The maximum Gasteiger partial charge on any atom is 0.328 e. The minimum atomic E-state index is -0.994. The predicted molar refractivity (Wildman–Crippen MR) is 81.5 cm³/mol. The SMILES string of the molecule is CC(C)c1ccccc1Oc1cncc(/C=C/C(=O)O)c1. The zero-order valence-corrected chi connectivity index (χ0v) is 12.0. The lowest BCUT2D eigenvalue weighted by Crippen LogP contribution is -1.94. The zero-order chi connectivity index (χ0) is 15.2. The van der Waals surface area contributed by atoms with Crippen LogP contribution >= 0.6 is 0 Å². The molecule has 2 rings (SSSR count). The first kappa shape index (κ1) is 14.8. The summed E-state index contributed by atoms with van der Waals surface area (Å²) in [5, 5.41) is 8.64. The molecule has 0 atom stereocenters. The maximum atomic E-state index is 10.5. The van der Waals surface area contributed by atoms with E-state index in [-0.39, 0.29) is 0 Å². The van der Waals surface area contributed by atoms with Crippen molar-refractivity contribution in [3.8, 4) is 11.5 Å². The molecule has 0 saturated heterocycles. The van der Waals surface area contributed by atoms with Crippen LogP contribution in [0.1, 0.15) is 30.9 Å². The number of hydrogen-bond acceptors (Lipinski definition) is 3. The molecular weight excluding hydrogens is 266 g/mol. The van der Waals surface area contributed by atoms with Gasteiger partial charge in [-0.1, -0.05) is 32.0 Å². The van der Waals surface area contributed by atoms with Gasteiger partial charge in [-0.05, 0) is 35.3 Å². The lowest BCUT2D eigenvalue weighted by molar-refractivity contribution is -0.131. The number of carboxylic acids is 1. The van der Waals surface area contributed by atoms with Crippen LogP contribution in [0.2, 0.25) is 0 Å². The van der Waals surface area contributed by atoms with Gasteiger partial charge in [0.15, 0.2) is 0 Å². The number of aromatic nitrogens is 1. The van der Waals surface area contributed by atoms with E-state index in [0.717, 1.165) is 17.4 Å². The van der Waals surface area contributed by atoms with Gasteiger partial charge >= 0.3 is 5.97 Å². The van der Waals surface area contributed by atoms with Crippen molar-refractivity contribution in [3.05, 3.63) is 59.9 Å². The first-order chi connectivity index (χ1) is 10.1. The molecule has 0 radical (unpaired) electrons. The molecule has 1 heterocycles. The van der Waals surface area contributed by atoms with Gasteiger partial charge in [0.1, 0.15) is 11.5 Å². The molecule has 0 aliphatic heterocycles. The van der Waals surface area contributed by atoms with Crippen LogP contribution in [0, 0.1) is 0 Å². The first-order valence-electron chi connectivity index (χ1n) is 6.69. The molecule has 0 fully saturated rings. The predicted octanol–water partition coefficient (Wildman–Crippen LogP) is 4.10. The van der Waals surface area contributed by atoms with Crippen LogP contribution in [-0.2, 0) is 4.79 Å². The molecule has 0 aliphatic rings. The van der Waals surface area contributed by atoms with Crippen LogP contribution in [0.15, 0.2) is 48.8 Å². The molecule has 0 unspecified atom stereocenters. The molecular formula is C17H17NO3. The standard InChI is InChI=1S/C17H17NO3/c1-12(2)15-5-3-4-6-16(15)21-14-9-13(10-18-11-14)7-8-17(19)20/h3-12H,1-2H3,(H,19,20)/b8-7+. The van der Waals surface area contributed by atoms with Crippen molar-refractivity contribution in [1.29, 1.82) is 0 Å². The molecule has 1 aromatic carbocycles. The second-order valence-electron chi connectivity index (χ2n) is 4.92. The van der Waals surface area contributed by atoms with Gasteiger partial charge in [-0.3, -0.25) is 4.98 Å². The summed E-state index contributed by atoms with van der Waals surface area (Å²) in [5.41, 5.74) is 1.79. The second kappa shape index (κ2) is 6.70. The van der Waals surface area contributed by atoms with Crippen molar-refractivity contribution in [2.24, 2.45) is 0 Å². The number of ether oxygens (including phenoxy) is 1. The van der Waals surface area contributed by atoms with Crippen LogP contribution < -0.4 is 4.74 Å². The van der Waals surface area contributed by atoms with Crippen LogP contribution in [0.25, 0.3) is 6.08 Å². The molecule has 1 N–H and O–H groups in total. The number of aliphatic carboxylic acids is 1. The normalized spacial score (nSPS) is 11.0. The molecule has 2 aromatic rings. The average molecular weight is 283 g/mol. The third-order valence-corrected chi connectivity index (χ3v) is 2.92. The Bertz CT molecular complexity index is 663. The largest absolute Gasteiger partial charge is 0.478 e. The van der Waals surface area contributed by atoms with E-state index in [1.165, 1.54) is 6.08 Å². The minimum Gasteiger partial charge on any atom is -0.478 e. The quantitative estimate of drug-likeness (QED) is 0.839. The number of pyridine rings is 1. The Morgan fingerprint density at radius 2 is 2.05 bits per heavy atom. The van der Waals surface area contributed by atoms with Gasteiger partial charge < -0.3 is 9.84 Å². The molecule has 0 amide bonds. The lowest BCUT2D eigenvalue weighted by Gasteiger charge is -2.13. The van der Waals surface area contributed by atoms with E-state index >= 15 is 0 Å². The topological polar surface area (TPSA) is 59.4 Å². The van der Waals surface area contributed by atoms with Crippen molar-refractivity contribution in [1.82, 2.24) is 4.98 Å². The highest BCUT2D eigenvalue weighted by Crippen LogP contribution is 2.30. The molecule has 108 valence electrons. The summed E-state index contributed by atoms with van der Waals surface area (Å²) in [5.74, 6) is 0.722. The van der Waals surface area contributed by atoms with Crippen molar-refractivity contribution in [2.75, 3.05) is 0 Å². The fourth-order valence-electron chi connectivity index (χ4n) is 1.93. The molecule has 4 heteroatoms. The summed E-state index contributed by atoms with van der Waals surface area (Å²) in [6, 6.07) is 9.59. The Labute approximate surface area is 123 Å². The van der Waals surface area contributed by atoms with Gasteiger partial charge in [0.25, 0.3) is 0 Å². The van der Waals surface area contributed by atoms with Gasteiger partial charge in [0.05, 0.1) is 6.20 Å².